The van der Waals surface area contributed by atoms with Crippen molar-refractivity contribution in [3.63, 3.8) is 0 Å². The van der Waals surface area contributed by atoms with E-state index in [0.29, 0.717) is 10.8 Å². The number of nitrogens with one attached hydrogen (secondary N) is 5. The van der Waals surface area contributed by atoms with Crippen LogP contribution < -0.4 is 26.6 Å². The van der Waals surface area contributed by atoms with Gasteiger partial charge in [0.25, 0.3) is 11.8 Å². The van der Waals surface area contributed by atoms with E-state index in [1.807, 2.05) is 61.5 Å². The summed E-state index contributed by atoms with van der Waals surface area (Å²) in [6.07, 6.45) is 2.88. The Morgan fingerprint density at radius 3 is 2.31 bits per heavy atom. The zero-order valence-electron chi connectivity index (χ0n) is 41.8. The first-order valence-corrected chi connectivity index (χ1v) is 27.4. The molecule has 24 heteroatoms. The molecule has 0 saturated carbocycles. The van der Waals surface area contributed by atoms with Crippen molar-refractivity contribution in [3.05, 3.63) is 101 Å². The molecule has 21 nitrogen and oxygen atoms in total. The largest absolute Gasteiger partial charge is 0.391 e. The number of amides is 6. The average molecular weight is 1080 g/mol. The second-order valence-electron chi connectivity index (χ2n) is 18.5. The molecule has 0 unspecified atom stereocenters. The van der Waals surface area contributed by atoms with E-state index in [1.54, 1.807) is 43.0 Å². The predicted molar refractivity (Wildman–Crippen MR) is 278 cm³/mol. The van der Waals surface area contributed by atoms with Gasteiger partial charge in [0.2, 0.25) is 33.7 Å². The molecule has 5 aromatic rings. The minimum Gasteiger partial charge on any atom is -0.391 e. The van der Waals surface area contributed by atoms with Gasteiger partial charge < -0.3 is 50.8 Å². The number of rotatable bonds is 26. The normalized spacial score (nSPS) is 15.5. The number of carbonyl (C=O) groups excluding carboxylic acids is 6. The highest BCUT2D eigenvalue weighted by Crippen LogP contribution is 2.29. The standard InChI is InChI=1S/C50H63N9O12S3/c1-32-43(73-31-53-32)35-15-13-33(14-16-35)25-52-47(65)40-24-37(60)27-59(40)48(66)44(50(2,3)4)56-42(62)29-71-23-22-69-21-18-51-41(61)12-9-20-70-28-38(54-45(63)36-17-19-58(26-36)74(5,67)68)46(64)57-49-55-39(30-72-49)34-10-7-6-8-11-34/h6-8,10-11,13-17,19,26,30-31,37-38,40,44,60H,9,12,18,20-25,27-29H2,1-5H3,(H,51,61)(H,52,65)(H,54,63)(H,56,62)(H,55,57,64)/t37-,38+,40+,44-/m1/s1. The van der Waals surface area contributed by atoms with E-state index >= 15 is 0 Å². The number of hydrogen-bond acceptors (Lipinski definition) is 16. The van der Waals surface area contributed by atoms with Gasteiger partial charge in [-0.3, -0.25) is 32.7 Å². The average Bonchev–Trinajstić information content (AvgIpc) is 4.21. The van der Waals surface area contributed by atoms with Crippen LogP contribution in [0.2, 0.25) is 0 Å². The van der Waals surface area contributed by atoms with E-state index in [4.69, 9.17) is 14.2 Å². The molecule has 4 heterocycles. The third-order valence-electron chi connectivity index (χ3n) is 11.6. The molecule has 74 heavy (non-hydrogen) atoms. The van der Waals surface area contributed by atoms with Crippen molar-refractivity contribution in [2.24, 2.45) is 5.41 Å². The third kappa shape index (κ3) is 16.8. The summed E-state index contributed by atoms with van der Waals surface area (Å²) in [5.41, 5.74) is 5.40. The van der Waals surface area contributed by atoms with Gasteiger partial charge in [-0.2, -0.15) is 0 Å². The number of aromatic nitrogens is 3. The molecule has 0 radical (unpaired) electrons. The Balaban J connectivity index is 0.859. The van der Waals surface area contributed by atoms with Crippen molar-refractivity contribution in [1.29, 1.82) is 0 Å². The van der Waals surface area contributed by atoms with Crippen molar-refractivity contribution >= 4 is 73.3 Å². The number of benzene rings is 2. The molecule has 1 aliphatic rings. The van der Waals surface area contributed by atoms with Crippen LogP contribution in [-0.2, 0) is 54.8 Å². The summed E-state index contributed by atoms with van der Waals surface area (Å²) in [6, 6.07) is 15.3. The number of aliphatic hydroxyl groups excluding tert-OH is 1. The predicted octanol–water partition coefficient (Wildman–Crippen LogP) is 3.34. The smallest absolute Gasteiger partial charge is 0.253 e. The van der Waals surface area contributed by atoms with Gasteiger partial charge in [-0.25, -0.2) is 18.4 Å². The van der Waals surface area contributed by atoms with Gasteiger partial charge in [0.15, 0.2) is 5.13 Å². The number of carbonyl (C=O) groups is 6. The summed E-state index contributed by atoms with van der Waals surface area (Å²) in [7, 11) is -3.64. The number of likely N-dealkylation sites (tertiary alicyclic amines) is 1. The van der Waals surface area contributed by atoms with Crippen LogP contribution in [0.25, 0.3) is 21.7 Å². The molecular weight excluding hydrogens is 1010 g/mol. The maximum absolute atomic E-state index is 14.0. The van der Waals surface area contributed by atoms with E-state index < -0.39 is 69.2 Å². The number of thiazole rings is 2. The van der Waals surface area contributed by atoms with E-state index in [9.17, 15) is 42.3 Å². The fraction of sp³-hybridized carbons (Fsp3) is 0.440. The fourth-order valence-corrected chi connectivity index (χ4v) is 9.78. The van der Waals surface area contributed by atoms with Gasteiger partial charge >= 0.3 is 0 Å². The molecular formula is C50H63N9O12S3. The summed E-state index contributed by atoms with van der Waals surface area (Å²) in [6.45, 7) is 7.45. The van der Waals surface area contributed by atoms with Crippen LogP contribution >= 0.6 is 22.7 Å². The molecule has 0 spiro atoms. The molecule has 4 atom stereocenters. The molecule has 6 N–H and O–H groups in total. The maximum atomic E-state index is 14.0. The molecule has 1 aliphatic heterocycles. The quantitative estimate of drug-likeness (QED) is 0.0434. The summed E-state index contributed by atoms with van der Waals surface area (Å²) < 4.78 is 41.5. The first-order valence-electron chi connectivity index (χ1n) is 23.8. The summed E-state index contributed by atoms with van der Waals surface area (Å²) in [4.78, 5) is 90.6. The van der Waals surface area contributed by atoms with Crippen LogP contribution in [0.1, 0.15) is 61.6 Å². The lowest BCUT2D eigenvalue weighted by Gasteiger charge is -2.35. The Bertz CT molecular complexity index is 2810. The molecule has 1 saturated heterocycles. The minimum absolute atomic E-state index is 0.0152. The minimum atomic E-state index is -3.64. The summed E-state index contributed by atoms with van der Waals surface area (Å²) in [5, 5.41) is 26.3. The number of β-amino-alcohol motifs (C(OH)–C–C–N with tert-alkyl or cyclic N) is 1. The lowest BCUT2D eigenvalue weighted by atomic mass is 9.85. The SMILES string of the molecule is Cc1ncsc1-c1ccc(CNC(=O)[C@@H]2C[C@@H](O)CN2C(=O)[C@@H](NC(=O)COCCOCCNC(=O)CCCOC[C@H](NC(=O)c2ccn(S(C)(=O)=O)c2)C(=O)Nc2nc(-c3ccccc3)cs2)C(C)(C)C)cc1. The fourth-order valence-electron chi connectivity index (χ4n) is 7.66. The van der Waals surface area contributed by atoms with Crippen molar-refractivity contribution < 1.29 is 56.5 Å². The van der Waals surface area contributed by atoms with Crippen LogP contribution in [0, 0.1) is 12.3 Å². The van der Waals surface area contributed by atoms with Crippen LogP contribution in [-0.4, -0.2) is 151 Å². The lowest BCUT2D eigenvalue weighted by Crippen LogP contribution is -2.58. The maximum Gasteiger partial charge on any atom is 0.253 e. The number of aliphatic hydroxyl groups is 1. The first-order chi connectivity index (χ1) is 35.3. The van der Waals surface area contributed by atoms with Gasteiger partial charge in [0.1, 0.15) is 24.7 Å². The second kappa shape index (κ2) is 26.7. The number of anilines is 1. The Morgan fingerprint density at radius 2 is 1.62 bits per heavy atom. The van der Waals surface area contributed by atoms with Gasteiger partial charge in [-0.05, 0) is 36.0 Å². The zero-order valence-corrected chi connectivity index (χ0v) is 44.3. The van der Waals surface area contributed by atoms with Crippen molar-refractivity contribution in [2.75, 3.05) is 64.3 Å². The van der Waals surface area contributed by atoms with Crippen LogP contribution in [0.15, 0.2) is 83.9 Å². The Hall–Kier alpha value is -6.41. The van der Waals surface area contributed by atoms with Gasteiger partial charge in [-0.15, -0.1) is 22.7 Å². The Kier molecular flexibility index (Phi) is 20.5. The first kappa shape index (κ1) is 56.9. The summed E-state index contributed by atoms with van der Waals surface area (Å²) >= 11 is 2.75. The van der Waals surface area contributed by atoms with Crippen LogP contribution in [0.4, 0.5) is 5.13 Å². The topological polar surface area (TPSA) is 279 Å². The summed E-state index contributed by atoms with van der Waals surface area (Å²) in [5.74, 6) is -3.04. The van der Waals surface area contributed by atoms with Crippen molar-refractivity contribution in [2.45, 2.75) is 77.7 Å². The Labute approximate surface area is 437 Å². The number of hydrogen-bond donors (Lipinski definition) is 6. The van der Waals surface area contributed by atoms with E-state index in [-0.39, 0.29) is 90.0 Å². The van der Waals surface area contributed by atoms with Crippen LogP contribution in [0.3, 0.4) is 0 Å². The lowest BCUT2D eigenvalue weighted by molar-refractivity contribution is -0.144. The highest BCUT2D eigenvalue weighted by atomic mass is 32.2. The van der Waals surface area contributed by atoms with Crippen molar-refractivity contribution in [3.8, 4) is 21.7 Å². The van der Waals surface area contributed by atoms with Gasteiger partial charge in [0, 0.05) is 62.4 Å². The highest BCUT2D eigenvalue weighted by molar-refractivity contribution is 7.89. The van der Waals surface area contributed by atoms with Crippen molar-refractivity contribution in [1.82, 2.24) is 40.1 Å². The zero-order chi connectivity index (χ0) is 53.4. The highest BCUT2D eigenvalue weighted by Gasteiger charge is 2.44. The van der Waals surface area contributed by atoms with E-state index in [2.05, 4.69) is 36.6 Å². The second-order valence-corrected chi connectivity index (χ2v) is 22.2. The molecule has 3 aromatic heterocycles. The third-order valence-corrected chi connectivity index (χ3v) is 14.3. The van der Waals surface area contributed by atoms with E-state index in [0.717, 1.165) is 43.7 Å². The molecule has 0 bridgehead atoms. The van der Waals surface area contributed by atoms with Gasteiger partial charge in [0.05, 0.1) is 66.1 Å². The molecule has 0 aliphatic carbocycles. The molecule has 398 valence electrons. The number of ether oxygens (including phenoxy) is 3. The van der Waals surface area contributed by atoms with Gasteiger partial charge in [-0.1, -0.05) is 75.4 Å². The number of nitrogens with zero attached hydrogens (tertiary/aromatic N) is 4. The molecule has 6 rings (SSSR count). The monoisotopic (exact) mass is 1080 g/mol. The Morgan fingerprint density at radius 1 is 0.878 bits per heavy atom. The number of aryl methyl sites for hydroxylation is 1. The molecule has 2 aromatic carbocycles. The molecule has 1 fully saturated rings. The molecule has 6 amide bonds. The van der Waals surface area contributed by atoms with Crippen LogP contribution in [0.5, 0.6) is 0 Å². The van der Waals surface area contributed by atoms with E-state index in [1.165, 1.54) is 28.5 Å².